The molecule has 18 heavy (non-hydrogen) atoms. The van der Waals surface area contributed by atoms with Crippen LogP contribution in [0.4, 0.5) is 5.69 Å². The number of benzene rings is 1. The van der Waals surface area contributed by atoms with E-state index in [0.717, 1.165) is 32.7 Å². The third kappa shape index (κ3) is 3.03. The highest BCUT2D eigenvalue weighted by Crippen LogP contribution is 2.22. The average Bonchev–Trinajstić information content (AvgIpc) is 2.39. The molecule has 0 saturated carbocycles. The molecule has 1 saturated heterocycles. The summed E-state index contributed by atoms with van der Waals surface area (Å²) < 4.78 is 5.56. The van der Waals surface area contributed by atoms with E-state index in [2.05, 4.69) is 43.0 Å². The van der Waals surface area contributed by atoms with Gasteiger partial charge in [0, 0.05) is 37.3 Å². The molecule has 2 N–H and O–H groups in total. The lowest BCUT2D eigenvalue weighted by Gasteiger charge is -2.34. The van der Waals surface area contributed by atoms with Crippen LogP contribution in [0.3, 0.4) is 0 Å². The van der Waals surface area contributed by atoms with Crippen LogP contribution in [0, 0.1) is 12.8 Å². The van der Waals surface area contributed by atoms with Crippen molar-refractivity contribution in [3.8, 4) is 0 Å². The standard InChI is InChI=1S/C15H24N2O/c1-3-17(15-7-5-4-6-12(15)2)10-13-11-18-9-8-14(13)16/h4-7,13-14H,3,8-11,16H2,1-2H3. The van der Waals surface area contributed by atoms with Gasteiger partial charge in [-0.15, -0.1) is 0 Å². The fourth-order valence-corrected chi connectivity index (χ4v) is 2.60. The SMILES string of the molecule is CCN(CC1COCCC1N)c1ccccc1C. The highest BCUT2D eigenvalue weighted by atomic mass is 16.5. The minimum Gasteiger partial charge on any atom is -0.381 e. The summed E-state index contributed by atoms with van der Waals surface area (Å²) in [5.74, 6) is 0.443. The van der Waals surface area contributed by atoms with Crippen LogP contribution in [-0.4, -0.2) is 32.3 Å². The molecule has 0 spiro atoms. The quantitative estimate of drug-likeness (QED) is 0.887. The summed E-state index contributed by atoms with van der Waals surface area (Å²) in [6, 6.07) is 8.81. The lowest BCUT2D eigenvalue weighted by molar-refractivity contribution is 0.0447. The predicted molar refractivity (Wildman–Crippen MR) is 76.0 cm³/mol. The molecule has 1 fully saturated rings. The van der Waals surface area contributed by atoms with E-state index >= 15 is 0 Å². The zero-order valence-corrected chi connectivity index (χ0v) is 11.4. The second-order valence-corrected chi connectivity index (χ2v) is 5.11. The molecule has 3 heteroatoms. The molecule has 100 valence electrons. The molecule has 1 heterocycles. The first-order chi connectivity index (χ1) is 8.72. The van der Waals surface area contributed by atoms with Crippen LogP contribution in [0.25, 0.3) is 0 Å². The number of nitrogens with zero attached hydrogens (tertiary/aromatic N) is 1. The zero-order valence-electron chi connectivity index (χ0n) is 11.4. The largest absolute Gasteiger partial charge is 0.381 e. The number of ether oxygens (including phenoxy) is 1. The summed E-state index contributed by atoms with van der Waals surface area (Å²) in [5, 5.41) is 0. The molecule has 0 bridgehead atoms. The van der Waals surface area contributed by atoms with E-state index in [-0.39, 0.29) is 6.04 Å². The summed E-state index contributed by atoms with van der Waals surface area (Å²) in [6.07, 6.45) is 0.982. The van der Waals surface area contributed by atoms with Gasteiger partial charge in [-0.1, -0.05) is 18.2 Å². The third-order valence-corrected chi connectivity index (χ3v) is 3.83. The first-order valence-electron chi connectivity index (χ1n) is 6.86. The topological polar surface area (TPSA) is 38.5 Å². The van der Waals surface area contributed by atoms with Crippen molar-refractivity contribution in [2.75, 3.05) is 31.2 Å². The van der Waals surface area contributed by atoms with Gasteiger partial charge in [0.15, 0.2) is 0 Å². The smallest absolute Gasteiger partial charge is 0.0526 e. The fourth-order valence-electron chi connectivity index (χ4n) is 2.60. The Kier molecular flexibility index (Phi) is 4.61. The maximum atomic E-state index is 6.19. The van der Waals surface area contributed by atoms with Gasteiger partial charge in [0.1, 0.15) is 0 Å². The number of para-hydroxylation sites is 1. The van der Waals surface area contributed by atoms with E-state index in [1.165, 1.54) is 11.3 Å². The molecule has 1 aromatic carbocycles. The van der Waals surface area contributed by atoms with E-state index < -0.39 is 0 Å². The molecule has 2 unspecified atom stereocenters. The minimum absolute atomic E-state index is 0.275. The van der Waals surface area contributed by atoms with Crippen LogP contribution in [0.15, 0.2) is 24.3 Å². The first-order valence-corrected chi connectivity index (χ1v) is 6.86. The van der Waals surface area contributed by atoms with Gasteiger partial charge in [0.25, 0.3) is 0 Å². The molecule has 0 amide bonds. The van der Waals surface area contributed by atoms with Crippen LogP contribution >= 0.6 is 0 Å². The van der Waals surface area contributed by atoms with Crippen molar-refractivity contribution in [3.63, 3.8) is 0 Å². The molecule has 1 aliphatic rings. The number of rotatable bonds is 4. The normalized spacial score (nSPS) is 23.9. The first kappa shape index (κ1) is 13.4. The van der Waals surface area contributed by atoms with Crippen molar-refractivity contribution in [2.24, 2.45) is 11.7 Å². The van der Waals surface area contributed by atoms with Crippen LogP contribution in [0.1, 0.15) is 18.9 Å². The maximum absolute atomic E-state index is 6.19. The van der Waals surface area contributed by atoms with Crippen LogP contribution in [0.5, 0.6) is 0 Å². The van der Waals surface area contributed by atoms with E-state index in [1.807, 2.05) is 0 Å². The Morgan fingerprint density at radius 2 is 2.17 bits per heavy atom. The minimum atomic E-state index is 0.275. The number of hydrogen-bond acceptors (Lipinski definition) is 3. The zero-order chi connectivity index (χ0) is 13.0. The molecule has 0 aliphatic carbocycles. The lowest BCUT2D eigenvalue weighted by Crippen LogP contribution is -2.45. The van der Waals surface area contributed by atoms with Gasteiger partial charge >= 0.3 is 0 Å². The lowest BCUT2D eigenvalue weighted by atomic mass is 9.95. The maximum Gasteiger partial charge on any atom is 0.0526 e. The van der Waals surface area contributed by atoms with E-state index in [4.69, 9.17) is 10.5 Å². The summed E-state index contributed by atoms with van der Waals surface area (Å²) in [4.78, 5) is 2.41. The van der Waals surface area contributed by atoms with Gasteiger partial charge in [0.05, 0.1) is 6.61 Å². The van der Waals surface area contributed by atoms with Gasteiger partial charge in [-0.05, 0) is 31.9 Å². The molecule has 2 atom stereocenters. The van der Waals surface area contributed by atoms with E-state index in [1.54, 1.807) is 0 Å². The highest BCUT2D eigenvalue weighted by Gasteiger charge is 2.24. The molecular weight excluding hydrogens is 224 g/mol. The summed E-state index contributed by atoms with van der Waals surface area (Å²) in [6.45, 7) is 7.96. The van der Waals surface area contributed by atoms with Crippen molar-refractivity contribution in [3.05, 3.63) is 29.8 Å². The second kappa shape index (κ2) is 6.21. The average molecular weight is 248 g/mol. The Hall–Kier alpha value is -1.06. The number of hydrogen-bond donors (Lipinski definition) is 1. The Morgan fingerprint density at radius 3 is 2.83 bits per heavy atom. The predicted octanol–water partition coefficient (Wildman–Crippen LogP) is 2.19. The summed E-state index contributed by atoms with van der Waals surface area (Å²) >= 11 is 0. The second-order valence-electron chi connectivity index (χ2n) is 5.11. The number of aryl methyl sites for hydroxylation is 1. The monoisotopic (exact) mass is 248 g/mol. The van der Waals surface area contributed by atoms with Crippen molar-refractivity contribution in [1.29, 1.82) is 0 Å². The molecule has 0 radical (unpaired) electrons. The summed E-state index contributed by atoms with van der Waals surface area (Å²) in [7, 11) is 0. The fraction of sp³-hybridized carbons (Fsp3) is 0.600. The van der Waals surface area contributed by atoms with Crippen molar-refractivity contribution in [1.82, 2.24) is 0 Å². The van der Waals surface area contributed by atoms with Crippen LogP contribution in [0.2, 0.25) is 0 Å². The van der Waals surface area contributed by atoms with E-state index in [0.29, 0.717) is 5.92 Å². The van der Waals surface area contributed by atoms with Crippen molar-refractivity contribution >= 4 is 5.69 Å². The molecule has 3 nitrogen and oxygen atoms in total. The van der Waals surface area contributed by atoms with Crippen molar-refractivity contribution < 1.29 is 4.74 Å². The van der Waals surface area contributed by atoms with Gasteiger partial charge in [0.2, 0.25) is 0 Å². The van der Waals surface area contributed by atoms with Crippen LogP contribution in [-0.2, 0) is 4.74 Å². The van der Waals surface area contributed by atoms with Gasteiger partial charge in [-0.2, -0.15) is 0 Å². The highest BCUT2D eigenvalue weighted by molar-refractivity contribution is 5.52. The third-order valence-electron chi connectivity index (χ3n) is 3.83. The molecule has 1 aliphatic heterocycles. The Labute approximate surface area is 110 Å². The van der Waals surface area contributed by atoms with Gasteiger partial charge < -0.3 is 15.4 Å². The van der Waals surface area contributed by atoms with E-state index in [9.17, 15) is 0 Å². The number of anilines is 1. The molecular formula is C15H24N2O. The van der Waals surface area contributed by atoms with Gasteiger partial charge in [-0.3, -0.25) is 0 Å². The Bertz CT molecular complexity index is 381. The number of nitrogens with two attached hydrogens (primary N) is 1. The molecule has 1 aromatic rings. The summed E-state index contributed by atoms with van der Waals surface area (Å²) in [5.41, 5.74) is 8.83. The van der Waals surface area contributed by atoms with Gasteiger partial charge in [-0.25, -0.2) is 0 Å². The van der Waals surface area contributed by atoms with Crippen LogP contribution < -0.4 is 10.6 Å². The Balaban J connectivity index is 2.07. The Morgan fingerprint density at radius 1 is 1.39 bits per heavy atom. The van der Waals surface area contributed by atoms with Crippen molar-refractivity contribution in [2.45, 2.75) is 26.3 Å². The molecule has 2 rings (SSSR count). The molecule has 0 aromatic heterocycles.